The van der Waals surface area contributed by atoms with Crippen LogP contribution in [0, 0.1) is 11.8 Å². The Morgan fingerprint density at radius 3 is 0.833 bits per heavy atom. The summed E-state index contributed by atoms with van der Waals surface area (Å²) in [6, 6.07) is 0. The lowest BCUT2D eigenvalue weighted by molar-refractivity contribution is -0.170. The van der Waals surface area contributed by atoms with Gasteiger partial charge in [0.2, 0.25) is 0 Å². The molecule has 0 aliphatic carbocycles. The molecule has 0 amide bonds. The van der Waals surface area contributed by atoms with Gasteiger partial charge < -0.3 is 0 Å². The summed E-state index contributed by atoms with van der Waals surface area (Å²) < 4.78 is 68.7. The summed E-state index contributed by atoms with van der Waals surface area (Å²) in [6.07, 6.45) is -7.64. The largest absolute Gasteiger partial charge is 0.391 e. The second-order valence-electron chi connectivity index (χ2n) is 3.70. The third-order valence-electron chi connectivity index (χ3n) is 2.34. The fraction of sp³-hybridized carbons (Fsp3) is 1.00. The maximum atomic E-state index is 11.4. The van der Waals surface area contributed by atoms with Gasteiger partial charge in [0.15, 0.2) is 0 Å². The molecule has 0 aliphatic rings. The molecule has 0 saturated heterocycles. The van der Waals surface area contributed by atoms with E-state index in [1.165, 1.54) is 27.7 Å². The molecule has 0 radical (unpaired) electrons. The monoisotopic (exact) mass is 284 g/mol. The van der Waals surface area contributed by atoms with Crippen molar-refractivity contribution < 1.29 is 26.3 Å². The first-order valence-corrected chi connectivity index (χ1v) is 5.10. The van der Waals surface area contributed by atoms with Gasteiger partial charge in [-0.1, -0.05) is 42.5 Å². The van der Waals surface area contributed by atoms with E-state index in [-0.39, 0.29) is 27.7 Å². The Labute approximate surface area is 107 Å². The van der Waals surface area contributed by atoms with Crippen molar-refractivity contribution >= 4 is 0 Å². The molecule has 0 spiro atoms. The first-order valence-electron chi connectivity index (χ1n) is 5.10. The second kappa shape index (κ2) is 10.5. The molecule has 2 unspecified atom stereocenters. The van der Waals surface area contributed by atoms with E-state index in [1.807, 2.05) is 0 Å². The van der Waals surface area contributed by atoms with Crippen molar-refractivity contribution in [1.29, 1.82) is 0 Å². The second-order valence-corrected chi connectivity index (χ2v) is 3.70. The molecule has 6 heteroatoms. The van der Waals surface area contributed by atoms with Crippen LogP contribution < -0.4 is 0 Å². The van der Waals surface area contributed by atoms with Crippen molar-refractivity contribution in [2.45, 2.75) is 67.7 Å². The molecule has 0 N–H and O–H groups in total. The van der Waals surface area contributed by atoms with Gasteiger partial charge in [0.05, 0.1) is 11.8 Å². The lowest BCUT2D eigenvalue weighted by atomic mass is 10.1. The molecule has 0 fully saturated rings. The fourth-order valence-corrected chi connectivity index (χ4v) is 0.463. The van der Waals surface area contributed by atoms with Gasteiger partial charge in [0, 0.05) is 0 Å². The molecular formula is C12H26F6. The molecule has 0 aromatic rings. The normalized spacial score (nSPS) is 14.3. The van der Waals surface area contributed by atoms with Crippen molar-refractivity contribution in [1.82, 2.24) is 0 Å². The fourth-order valence-electron chi connectivity index (χ4n) is 0.463. The van der Waals surface area contributed by atoms with E-state index in [2.05, 4.69) is 0 Å². The molecule has 0 aliphatic heterocycles. The number of hydrogen-bond acceptors (Lipinski definition) is 0. The maximum Gasteiger partial charge on any atom is 0.391 e. The average molecular weight is 284 g/mol. The number of halogens is 6. The van der Waals surface area contributed by atoms with Crippen LogP contribution in [0.5, 0.6) is 0 Å². The van der Waals surface area contributed by atoms with Crippen LogP contribution in [0.15, 0.2) is 0 Å². The zero-order valence-corrected chi connectivity index (χ0v) is 9.84. The molecule has 0 rings (SSSR count). The zero-order chi connectivity index (χ0) is 13.6. The summed E-state index contributed by atoms with van der Waals surface area (Å²) >= 11 is 0. The molecule has 0 saturated carbocycles. The van der Waals surface area contributed by atoms with Gasteiger partial charge in [-0.3, -0.25) is 0 Å². The van der Waals surface area contributed by atoms with E-state index >= 15 is 0 Å². The van der Waals surface area contributed by atoms with E-state index in [0.717, 1.165) is 0 Å². The molecule has 0 bridgehead atoms. The molecule has 0 aromatic carbocycles. The number of alkyl halides is 6. The minimum absolute atomic E-state index is 0. The highest BCUT2D eigenvalue weighted by Gasteiger charge is 2.34. The van der Waals surface area contributed by atoms with E-state index in [0.29, 0.717) is 0 Å². The minimum Gasteiger partial charge on any atom is -0.171 e. The zero-order valence-electron chi connectivity index (χ0n) is 9.84. The van der Waals surface area contributed by atoms with Crippen molar-refractivity contribution in [3.8, 4) is 0 Å². The highest BCUT2D eigenvalue weighted by molar-refractivity contribution is 4.58. The summed E-state index contributed by atoms with van der Waals surface area (Å²) in [5.74, 6) is -2.30. The van der Waals surface area contributed by atoms with Crippen LogP contribution in [0.1, 0.15) is 55.4 Å². The first-order chi connectivity index (χ1) is 6.96. The standard InChI is InChI=1S/2C5H9F3.2CH4/c2*1-3-4(2)5(6,7)8;;/h2*4H,3H2,1-2H3;2*1H4. The summed E-state index contributed by atoms with van der Waals surface area (Å²) in [7, 11) is 0. The van der Waals surface area contributed by atoms with Crippen LogP contribution in [-0.4, -0.2) is 12.4 Å². The Morgan fingerprint density at radius 1 is 0.667 bits per heavy atom. The van der Waals surface area contributed by atoms with Gasteiger partial charge in [-0.25, -0.2) is 0 Å². The summed E-state index contributed by atoms with van der Waals surface area (Å²) in [4.78, 5) is 0. The predicted molar refractivity (Wildman–Crippen MR) is 64.5 cm³/mol. The summed E-state index contributed by atoms with van der Waals surface area (Å²) in [5.41, 5.74) is 0. The Balaban J connectivity index is -0.0000000980. The van der Waals surface area contributed by atoms with Crippen molar-refractivity contribution in [2.24, 2.45) is 11.8 Å². The van der Waals surface area contributed by atoms with Crippen molar-refractivity contribution in [3.05, 3.63) is 0 Å². The number of rotatable bonds is 2. The van der Waals surface area contributed by atoms with Crippen LogP contribution in [0.25, 0.3) is 0 Å². The van der Waals surface area contributed by atoms with Crippen LogP contribution in [0.3, 0.4) is 0 Å². The summed E-state index contributed by atoms with van der Waals surface area (Å²) in [6.45, 7) is 5.41. The van der Waals surface area contributed by atoms with E-state index in [4.69, 9.17) is 0 Å². The Morgan fingerprint density at radius 2 is 0.833 bits per heavy atom. The van der Waals surface area contributed by atoms with Crippen LogP contribution in [0.4, 0.5) is 26.3 Å². The van der Waals surface area contributed by atoms with Crippen LogP contribution in [0.2, 0.25) is 0 Å². The smallest absolute Gasteiger partial charge is 0.171 e. The minimum atomic E-state index is -3.99. The topological polar surface area (TPSA) is 0 Å². The quantitative estimate of drug-likeness (QED) is 0.510. The molecule has 0 aromatic heterocycles. The molecule has 116 valence electrons. The molecular weight excluding hydrogens is 258 g/mol. The van der Waals surface area contributed by atoms with Crippen LogP contribution in [-0.2, 0) is 0 Å². The van der Waals surface area contributed by atoms with Gasteiger partial charge in [-0.2, -0.15) is 26.3 Å². The van der Waals surface area contributed by atoms with E-state index in [9.17, 15) is 26.3 Å². The van der Waals surface area contributed by atoms with Crippen LogP contribution >= 0.6 is 0 Å². The Hall–Kier alpha value is -0.420. The third kappa shape index (κ3) is 13.6. The molecule has 0 nitrogen and oxygen atoms in total. The molecule has 0 heterocycles. The lowest BCUT2D eigenvalue weighted by Crippen LogP contribution is -2.18. The molecule has 18 heavy (non-hydrogen) atoms. The van der Waals surface area contributed by atoms with Gasteiger partial charge >= 0.3 is 12.4 Å². The highest BCUT2D eigenvalue weighted by atomic mass is 19.4. The van der Waals surface area contributed by atoms with Crippen molar-refractivity contribution in [3.63, 3.8) is 0 Å². The maximum absolute atomic E-state index is 11.4. The SMILES string of the molecule is C.C.CCC(C)C(F)(F)F.CCC(C)C(F)(F)F. The predicted octanol–water partition coefficient (Wildman–Crippen LogP) is 6.46. The summed E-state index contributed by atoms with van der Waals surface area (Å²) in [5, 5.41) is 0. The third-order valence-corrected chi connectivity index (χ3v) is 2.34. The number of hydrogen-bond donors (Lipinski definition) is 0. The lowest BCUT2D eigenvalue weighted by Gasteiger charge is -2.11. The van der Waals surface area contributed by atoms with Gasteiger partial charge in [0.1, 0.15) is 0 Å². The Bertz CT molecular complexity index is 150. The van der Waals surface area contributed by atoms with Gasteiger partial charge in [-0.15, -0.1) is 0 Å². The highest BCUT2D eigenvalue weighted by Crippen LogP contribution is 2.28. The van der Waals surface area contributed by atoms with Crippen molar-refractivity contribution in [2.75, 3.05) is 0 Å². The Kier molecular flexibility index (Phi) is 15.3. The van der Waals surface area contributed by atoms with Gasteiger partial charge in [-0.05, 0) is 12.8 Å². The average Bonchev–Trinajstić information content (AvgIpc) is 2.13. The first kappa shape index (κ1) is 26.2. The van der Waals surface area contributed by atoms with Gasteiger partial charge in [0.25, 0.3) is 0 Å². The van der Waals surface area contributed by atoms with E-state index < -0.39 is 24.2 Å². The molecule has 2 atom stereocenters. The van der Waals surface area contributed by atoms with E-state index in [1.54, 1.807) is 0 Å².